The summed E-state index contributed by atoms with van der Waals surface area (Å²) in [5, 5.41) is 7.90. The minimum Gasteiger partial charge on any atom is -0.380 e. The zero-order valence-electron chi connectivity index (χ0n) is 10.7. The molecule has 2 heterocycles. The predicted octanol–water partition coefficient (Wildman–Crippen LogP) is 1.35. The van der Waals surface area contributed by atoms with Crippen LogP contribution in [0, 0.1) is 0 Å². The number of aromatic nitrogens is 2. The van der Waals surface area contributed by atoms with Crippen LogP contribution in [0.4, 0.5) is 5.69 Å². The van der Waals surface area contributed by atoms with E-state index in [1.54, 1.807) is 0 Å². The van der Waals surface area contributed by atoms with Gasteiger partial charge < -0.3 is 15.8 Å². The van der Waals surface area contributed by atoms with Crippen molar-refractivity contribution in [3.63, 3.8) is 0 Å². The SMILES string of the molecule is NC1CCC(Nc2cnn(CC3CCCO3)c2)C1. The summed E-state index contributed by atoms with van der Waals surface area (Å²) in [4.78, 5) is 0. The predicted molar refractivity (Wildman–Crippen MR) is 70.4 cm³/mol. The van der Waals surface area contributed by atoms with E-state index in [0.717, 1.165) is 44.5 Å². The first-order valence-corrected chi connectivity index (χ1v) is 6.96. The molecule has 1 saturated carbocycles. The van der Waals surface area contributed by atoms with Crippen molar-refractivity contribution in [1.29, 1.82) is 0 Å². The maximum absolute atomic E-state index is 5.92. The van der Waals surface area contributed by atoms with Gasteiger partial charge in [-0.1, -0.05) is 0 Å². The Labute approximate surface area is 108 Å². The first-order chi connectivity index (χ1) is 8.79. The number of ether oxygens (including phenoxy) is 1. The summed E-state index contributed by atoms with van der Waals surface area (Å²) in [6.07, 6.45) is 10.0. The summed E-state index contributed by atoms with van der Waals surface area (Å²) in [6.45, 7) is 1.77. The highest BCUT2D eigenvalue weighted by molar-refractivity contribution is 5.39. The van der Waals surface area contributed by atoms with Crippen LogP contribution < -0.4 is 11.1 Å². The molecule has 2 fully saturated rings. The first kappa shape index (κ1) is 12.0. The molecule has 1 saturated heterocycles. The van der Waals surface area contributed by atoms with Crippen molar-refractivity contribution in [3.8, 4) is 0 Å². The van der Waals surface area contributed by atoms with Gasteiger partial charge in [0.05, 0.1) is 24.5 Å². The Morgan fingerprint density at radius 2 is 2.39 bits per heavy atom. The van der Waals surface area contributed by atoms with Gasteiger partial charge in [-0.25, -0.2) is 0 Å². The third-order valence-electron chi connectivity index (χ3n) is 3.89. The number of nitrogens with two attached hydrogens (primary N) is 1. The molecule has 1 aromatic rings. The highest BCUT2D eigenvalue weighted by Gasteiger charge is 2.22. The van der Waals surface area contributed by atoms with Gasteiger partial charge in [-0.3, -0.25) is 4.68 Å². The van der Waals surface area contributed by atoms with Gasteiger partial charge in [-0.15, -0.1) is 0 Å². The third-order valence-corrected chi connectivity index (χ3v) is 3.89. The number of rotatable bonds is 4. The van der Waals surface area contributed by atoms with E-state index < -0.39 is 0 Å². The van der Waals surface area contributed by atoms with Crippen LogP contribution in [0.15, 0.2) is 12.4 Å². The Morgan fingerprint density at radius 3 is 3.11 bits per heavy atom. The van der Waals surface area contributed by atoms with Crippen molar-refractivity contribution >= 4 is 5.69 Å². The van der Waals surface area contributed by atoms with E-state index in [-0.39, 0.29) is 0 Å². The van der Waals surface area contributed by atoms with E-state index in [0.29, 0.717) is 18.2 Å². The summed E-state index contributed by atoms with van der Waals surface area (Å²) in [5.41, 5.74) is 7.02. The maximum atomic E-state index is 5.92. The van der Waals surface area contributed by atoms with Crippen molar-refractivity contribution in [2.24, 2.45) is 5.73 Å². The van der Waals surface area contributed by atoms with Gasteiger partial charge in [0.25, 0.3) is 0 Å². The van der Waals surface area contributed by atoms with E-state index >= 15 is 0 Å². The lowest BCUT2D eigenvalue weighted by molar-refractivity contribution is 0.0940. The molecule has 0 bridgehead atoms. The molecular formula is C13H22N4O. The molecule has 3 rings (SSSR count). The summed E-state index contributed by atoms with van der Waals surface area (Å²) in [5.74, 6) is 0. The fraction of sp³-hybridized carbons (Fsp3) is 0.769. The minimum absolute atomic E-state index is 0.345. The molecule has 1 aliphatic heterocycles. The lowest BCUT2D eigenvalue weighted by Crippen LogP contribution is -2.20. The molecule has 0 spiro atoms. The molecular weight excluding hydrogens is 228 g/mol. The smallest absolute Gasteiger partial charge is 0.0771 e. The van der Waals surface area contributed by atoms with Crippen LogP contribution in [0.2, 0.25) is 0 Å². The normalized spacial score (nSPS) is 31.9. The lowest BCUT2D eigenvalue weighted by atomic mass is 10.2. The molecule has 5 heteroatoms. The van der Waals surface area contributed by atoms with E-state index in [4.69, 9.17) is 10.5 Å². The molecule has 3 atom stereocenters. The van der Waals surface area contributed by atoms with Gasteiger partial charge >= 0.3 is 0 Å². The fourth-order valence-electron chi connectivity index (χ4n) is 2.92. The highest BCUT2D eigenvalue weighted by Crippen LogP contribution is 2.22. The van der Waals surface area contributed by atoms with Crippen molar-refractivity contribution in [2.45, 2.75) is 56.8 Å². The molecule has 2 aliphatic rings. The number of hydrogen-bond acceptors (Lipinski definition) is 4. The zero-order valence-corrected chi connectivity index (χ0v) is 10.7. The number of nitrogens with one attached hydrogen (secondary N) is 1. The molecule has 0 amide bonds. The van der Waals surface area contributed by atoms with Crippen LogP contribution in [-0.2, 0) is 11.3 Å². The van der Waals surface area contributed by atoms with E-state index in [1.165, 1.54) is 6.42 Å². The van der Waals surface area contributed by atoms with Crippen molar-refractivity contribution in [2.75, 3.05) is 11.9 Å². The first-order valence-electron chi connectivity index (χ1n) is 6.96. The zero-order chi connectivity index (χ0) is 12.4. The monoisotopic (exact) mass is 250 g/mol. The summed E-state index contributed by atoms with van der Waals surface area (Å²) in [7, 11) is 0. The average molecular weight is 250 g/mol. The van der Waals surface area contributed by atoms with Crippen molar-refractivity contribution in [1.82, 2.24) is 9.78 Å². The van der Waals surface area contributed by atoms with Crippen LogP contribution in [-0.4, -0.2) is 34.6 Å². The second kappa shape index (κ2) is 5.28. The van der Waals surface area contributed by atoms with Gasteiger partial charge in [0.2, 0.25) is 0 Å². The van der Waals surface area contributed by atoms with Crippen LogP contribution in [0.25, 0.3) is 0 Å². The average Bonchev–Trinajstić information content (AvgIpc) is 3.04. The Morgan fingerprint density at radius 1 is 1.44 bits per heavy atom. The molecule has 3 unspecified atom stereocenters. The van der Waals surface area contributed by atoms with Crippen LogP contribution >= 0.6 is 0 Å². The van der Waals surface area contributed by atoms with Gasteiger partial charge in [-0.2, -0.15) is 5.10 Å². The molecule has 0 aromatic carbocycles. The van der Waals surface area contributed by atoms with Crippen molar-refractivity contribution in [3.05, 3.63) is 12.4 Å². The molecule has 18 heavy (non-hydrogen) atoms. The third kappa shape index (κ3) is 2.84. The number of hydrogen-bond donors (Lipinski definition) is 2. The Hall–Kier alpha value is -1.07. The molecule has 100 valence electrons. The van der Waals surface area contributed by atoms with Gasteiger partial charge in [0, 0.05) is 24.9 Å². The Kier molecular flexibility index (Phi) is 3.52. The molecule has 1 aliphatic carbocycles. The largest absolute Gasteiger partial charge is 0.380 e. The number of anilines is 1. The topological polar surface area (TPSA) is 65.1 Å². The van der Waals surface area contributed by atoms with Crippen LogP contribution in [0.3, 0.4) is 0 Å². The van der Waals surface area contributed by atoms with Crippen LogP contribution in [0.5, 0.6) is 0 Å². The summed E-state index contributed by atoms with van der Waals surface area (Å²) in [6, 6.07) is 0.879. The van der Waals surface area contributed by atoms with Crippen LogP contribution in [0.1, 0.15) is 32.1 Å². The standard InChI is InChI=1S/C13H22N4O/c14-10-3-4-11(6-10)16-12-7-15-17(8-12)9-13-2-1-5-18-13/h7-8,10-11,13,16H,1-6,9,14H2. The highest BCUT2D eigenvalue weighted by atomic mass is 16.5. The van der Waals surface area contributed by atoms with Gasteiger partial charge in [0.1, 0.15) is 0 Å². The lowest BCUT2D eigenvalue weighted by Gasteiger charge is -2.11. The van der Waals surface area contributed by atoms with E-state index in [1.807, 2.05) is 10.9 Å². The van der Waals surface area contributed by atoms with Crippen molar-refractivity contribution < 1.29 is 4.74 Å². The second-order valence-electron chi connectivity index (χ2n) is 5.50. The van der Waals surface area contributed by atoms with Gasteiger partial charge in [-0.05, 0) is 32.1 Å². The minimum atomic E-state index is 0.345. The number of nitrogens with zero attached hydrogens (tertiary/aromatic N) is 2. The Bertz CT molecular complexity index is 386. The molecule has 3 N–H and O–H groups in total. The fourth-order valence-corrected chi connectivity index (χ4v) is 2.92. The molecule has 0 radical (unpaired) electrons. The quantitative estimate of drug-likeness (QED) is 0.846. The molecule has 1 aromatic heterocycles. The Balaban J connectivity index is 1.52. The maximum Gasteiger partial charge on any atom is 0.0771 e. The molecule has 5 nitrogen and oxygen atoms in total. The summed E-state index contributed by atoms with van der Waals surface area (Å²) < 4.78 is 7.60. The van der Waals surface area contributed by atoms with E-state index in [9.17, 15) is 0 Å². The van der Waals surface area contributed by atoms with E-state index in [2.05, 4.69) is 16.6 Å². The second-order valence-corrected chi connectivity index (χ2v) is 5.50. The summed E-state index contributed by atoms with van der Waals surface area (Å²) >= 11 is 0. The van der Waals surface area contributed by atoms with Gasteiger partial charge in [0.15, 0.2) is 0 Å².